The van der Waals surface area contributed by atoms with Gasteiger partial charge in [0.25, 0.3) is 0 Å². The molecular formula is C21H25ClN2O4S. The summed E-state index contributed by atoms with van der Waals surface area (Å²) >= 11 is 6.10. The number of amides is 1. The van der Waals surface area contributed by atoms with Crippen LogP contribution in [-0.2, 0) is 21.2 Å². The molecule has 0 bridgehead atoms. The van der Waals surface area contributed by atoms with Gasteiger partial charge in [0.15, 0.2) is 0 Å². The number of ether oxygens (including phenoxy) is 1. The number of nitrogens with one attached hydrogen (secondary N) is 1. The van der Waals surface area contributed by atoms with Crippen molar-refractivity contribution in [2.75, 3.05) is 25.5 Å². The fourth-order valence-electron chi connectivity index (χ4n) is 3.39. The number of hydrogen-bond acceptors (Lipinski definition) is 4. The molecule has 156 valence electrons. The summed E-state index contributed by atoms with van der Waals surface area (Å²) in [6.45, 7) is 2.93. The number of hydrogen-bond donors (Lipinski definition) is 1. The Balaban J connectivity index is 1.74. The molecule has 1 fully saturated rings. The number of rotatable bonds is 7. The minimum absolute atomic E-state index is 0.176. The first kappa shape index (κ1) is 21.6. The van der Waals surface area contributed by atoms with Gasteiger partial charge in [-0.05, 0) is 67.6 Å². The van der Waals surface area contributed by atoms with E-state index in [1.807, 2.05) is 6.92 Å². The summed E-state index contributed by atoms with van der Waals surface area (Å²) in [6.07, 6.45) is 2.31. The van der Waals surface area contributed by atoms with E-state index in [-0.39, 0.29) is 17.2 Å². The molecule has 6 nitrogen and oxygen atoms in total. The predicted octanol–water partition coefficient (Wildman–Crippen LogP) is 4.01. The first-order valence-electron chi connectivity index (χ1n) is 9.55. The Morgan fingerprint density at radius 2 is 1.93 bits per heavy atom. The van der Waals surface area contributed by atoms with E-state index < -0.39 is 10.0 Å². The van der Waals surface area contributed by atoms with Gasteiger partial charge >= 0.3 is 0 Å². The number of methoxy groups -OCH3 is 1. The van der Waals surface area contributed by atoms with Crippen molar-refractivity contribution in [1.82, 2.24) is 4.31 Å². The number of anilines is 1. The van der Waals surface area contributed by atoms with E-state index in [1.165, 1.54) is 11.4 Å². The zero-order valence-electron chi connectivity index (χ0n) is 16.6. The van der Waals surface area contributed by atoms with Crippen LogP contribution in [0.15, 0.2) is 41.3 Å². The molecule has 1 N–H and O–H groups in total. The van der Waals surface area contributed by atoms with Crippen molar-refractivity contribution in [1.29, 1.82) is 0 Å². The Morgan fingerprint density at radius 3 is 2.62 bits per heavy atom. The maximum Gasteiger partial charge on any atom is 0.243 e. The summed E-state index contributed by atoms with van der Waals surface area (Å²) in [5.74, 6) is 0.391. The lowest BCUT2D eigenvalue weighted by Crippen LogP contribution is -2.28. The molecule has 2 aromatic rings. The lowest BCUT2D eigenvalue weighted by Gasteiger charge is -2.17. The second-order valence-electron chi connectivity index (χ2n) is 7.05. The summed E-state index contributed by atoms with van der Waals surface area (Å²) in [6, 6.07) is 10.2. The van der Waals surface area contributed by atoms with Crippen LogP contribution in [0.3, 0.4) is 0 Å². The first-order chi connectivity index (χ1) is 13.8. The normalized spacial score (nSPS) is 14.7. The Hall–Kier alpha value is -2.09. The number of benzene rings is 2. The van der Waals surface area contributed by atoms with Crippen LogP contribution < -0.4 is 10.1 Å². The number of nitrogens with zero attached hydrogens (tertiary/aromatic N) is 1. The van der Waals surface area contributed by atoms with Gasteiger partial charge in [-0.25, -0.2) is 8.42 Å². The van der Waals surface area contributed by atoms with Gasteiger partial charge < -0.3 is 10.1 Å². The maximum absolute atomic E-state index is 12.8. The molecular weight excluding hydrogens is 412 g/mol. The van der Waals surface area contributed by atoms with Gasteiger partial charge in [-0.15, -0.1) is 0 Å². The summed E-state index contributed by atoms with van der Waals surface area (Å²) in [7, 11) is -1.99. The fourth-order valence-corrected chi connectivity index (χ4v) is 5.13. The highest BCUT2D eigenvalue weighted by molar-refractivity contribution is 7.89. The van der Waals surface area contributed by atoms with Crippen LogP contribution in [0.25, 0.3) is 0 Å². The van der Waals surface area contributed by atoms with Crippen LogP contribution in [-0.4, -0.2) is 38.8 Å². The molecule has 0 aromatic heterocycles. The summed E-state index contributed by atoms with van der Waals surface area (Å²) in [5, 5.41) is 3.44. The molecule has 3 rings (SSSR count). The van der Waals surface area contributed by atoms with E-state index in [9.17, 15) is 13.2 Å². The molecule has 1 aliphatic rings. The average Bonchev–Trinajstić information content (AvgIpc) is 3.25. The quantitative estimate of drug-likeness (QED) is 0.711. The number of carbonyl (C=O) groups excluding carboxylic acids is 1. The maximum atomic E-state index is 12.8. The van der Waals surface area contributed by atoms with Crippen molar-refractivity contribution < 1.29 is 17.9 Å². The molecule has 0 unspecified atom stereocenters. The molecule has 0 atom stereocenters. The summed E-state index contributed by atoms with van der Waals surface area (Å²) in [5.41, 5.74) is 2.16. The lowest BCUT2D eigenvalue weighted by molar-refractivity contribution is -0.116. The van der Waals surface area contributed by atoms with Crippen molar-refractivity contribution in [3.8, 4) is 5.75 Å². The average molecular weight is 437 g/mol. The Labute approximate surface area is 176 Å². The smallest absolute Gasteiger partial charge is 0.243 e. The lowest BCUT2D eigenvalue weighted by atomic mass is 10.1. The Kier molecular flexibility index (Phi) is 6.82. The number of carbonyl (C=O) groups is 1. The van der Waals surface area contributed by atoms with E-state index in [0.29, 0.717) is 41.5 Å². The first-order valence-corrected chi connectivity index (χ1v) is 11.4. The Bertz CT molecular complexity index is 1000. The number of sulfonamides is 1. The largest absolute Gasteiger partial charge is 0.496 e. The van der Waals surface area contributed by atoms with Crippen LogP contribution in [0.1, 0.15) is 30.4 Å². The van der Waals surface area contributed by atoms with Gasteiger partial charge in [-0.2, -0.15) is 4.31 Å². The van der Waals surface area contributed by atoms with E-state index >= 15 is 0 Å². The predicted molar refractivity (Wildman–Crippen MR) is 114 cm³/mol. The molecule has 29 heavy (non-hydrogen) atoms. The fraction of sp³-hybridized carbons (Fsp3) is 0.381. The summed E-state index contributed by atoms with van der Waals surface area (Å²) < 4.78 is 32.5. The second-order valence-corrected chi connectivity index (χ2v) is 9.39. The van der Waals surface area contributed by atoms with Crippen LogP contribution in [0.5, 0.6) is 5.75 Å². The molecule has 2 aromatic carbocycles. The van der Waals surface area contributed by atoms with Crippen LogP contribution in [0, 0.1) is 6.92 Å². The summed E-state index contributed by atoms with van der Waals surface area (Å²) in [4.78, 5) is 12.7. The number of aryl methyl sites for hydroxylation is 1. The second kappa shape index (κ2) is 9.15. The molecule has 1 saturated heterocycles. The molecule has 8 heteroatoms. The molecule has 1 heterocycles. The minimum atomic E-state index is -3.52. The number of halogens is 1. The van der Waals surface area contributed by atoms with Gasteiger partial charge in [-0.1, -0.05) is 17.7 Å². The molecule has 0 radical (unpaired) electrons. The van der Waals surface area contributed by atoms with Crippen molar-refractivity contribution in [3.05, 3.63) is 52.5 Å². The van der Waals surface area contributed by atoms with Crippen molar-refractivity contribution in [2.45, 2.75) is 37.5 Å². The highest BCUT2D eigenvalue weighted by Crippen LogP contribution is 2.28. The van der Waals surface area contributed by atoms with Crippen LogP contribution in [0.4, 0.5) is 5.69 Å². The van der Waals surface area contributed by atoms with Gasteiger partial charge in [0.1, 0.15) is 5.75 Å². The van der Waals surface area contributed by atoms with E-state index in [1.54, 1.807) is 36.4 Å². The third-order valence-electron chi connectivity index (χ3n) is 5.12. The van der Waals surface area contributed by atoms with Gasteiger partial charge in [0.2, 0.25) is 15.9 Å². The molecule has 0 saturated carbocycles. The van der Waals surface area contributed by atoms with Gasteiger partial charge in [0, 0.05) is 30.2 Å². The van der Waals surface area contributed by atoms with E-state index in [4.69, 9.17) is 16.3 Å². The SMILES string of the molecule is COc1ccc(S(=O)(=O)N2CCCC2)cc1CCC(=O)Nc1cccc(Cl)c1C. The molecule has 0 spiro atoms. The standard InChI is InChI=1S/C21H25ClN2O4S/c1-15-18(22)6-5-7-19(15)23-21(25)11-8-16-14-17(9-10-20(16)28-2)29(26,27)24-12-3-4-13-24/h5-7,9-10,14H,3-4,8,11-13H2,1-2H3,(H,23,25). The van der Waals surface area contributed by atoms with E-state index in [2.05, 4.69) is 5.32 Å². The zero-order valence-corrected chi connectivity index (χ0v) is 18.1. The molecule has 0 aliphatic carbocycles. The Morgan fingerprint density at radius 1 is 1.21 bits per heavy atom. The topological polar surface area (TPSA) is 75.7 Å². The zero-order chi connectivity index (χ0) is 21.0. The van der Waals surface area contributed by atoms with Gasteiger partial charge in [-0.3, -0.25) is 4.79 Å². The third kappa shape index (κ3) is 4.91. The van der Waals surface area contributed by atoms with Crippen LogP contribution in [0.2, 0.25) is 5.02 Å². The van der Waals surface area contributed by atoms with Crippen LogP contribution >= 0.6 is 11.6 Å². The van der Waals surface area contributed by atoms with Crippen molar-refractivity contribution in [3.63, 3.8) is 0 Å². The highest BCUT2D eigenvalue weighted by atomic mass is 35.5. The monoisotopic (exact) mass is 436 g/mol. The minimum Gasteiger partial charge on any atom is -0.496 e. The van der Waals surface area contributed by atoms with E-state index in [0.717, 1.165) is 18.4 Å². The van der Waals surface area contributed by atoms with Gasteiger partial charge in [0.05, 0.1) is 12.0 Å². The molecule has 1 amide bonds. The highest BCUT2D eigenvalue weighted by Gasteiger charge is 2.27. The van der Waals surface area contributed by atoms with Crippen molar-refractivity contribution >= 4 is 33.2 Å². The van der Waals surface area contributed by atoms with Crippen molar-refractivity contribution in [2.24, 2.45) is 0 Å². The molecule has 1 aliphatic heterocycles. The third-order valence-corrected chi connectivity index (χ3v) is 7.42.